The lowest BCUT2D eigenvalue weighted by atomic mass is 11.1. The van der Waals surface area contributed by atoms with E-state index in [2.05, 4.69) is 51.5 Å². The Labute approximate surface area is 97.1 Å². The van der Waals surface area contributed by atoms with Gasteiger partial charge in [-0.05, 0) is 10.4 Å². The Hall–Kier alpha value is -3.32. The number of aromatic nitrogens is 8. The van der Waals surface area contributed by atoms with Crippen molar-refractivity contribution in [2.24, 2.45) is 10.2 Å². The van der Waals surface area contributed by atoms with Gasteiger partial charge in [-0.3, -0.25) is 9.59 Å². The zero-order valence-electron chi connectivity index (χ0n) is 8.44. The van der Waals surface area contributed by atoms with E-state index in [9.17, 15) is 0 Å². The van der Waals surface area contributed by atoms with E-state index in [-0.39, 0.29) is 24.8 Å². The zero-order chi connectivity index (χ0) is 13.6. The highest BCUT2D eigenvalue weighted by atomic mass is 16.3. The van der Waals surface area contributed by atoms with E-state index in [1.807, 2.05) is 0 Å². The highest BCUT2D eigenvalue weighted by Gasteiger charge is 1.95. The van der Waals surface area contributed by atoms with Crippen LogP contribution in [0.15, 0.2) is 10.2 Å². The summed E-state index contributed by atoms with van der Waals surface area (Å²) in [6.45, 7) is -0.500. The van der Waals surface area contributed by atoms with Crippen molar-refractivity contribution in [1.82, 2.24) is 41.2 Å². The Kier molecular flexibility index (Phi) is 8.32. The molecule has 0 radical (unpaired) electrons. The van der Waals surface area contributed by atoms with Crippen LogP contribution >= 0.6 is 0 Å². The summed E-state index contributed by atoms with van der Waals surface area (Å²) in [5, 5.41) is 45.9. The normalized spacial score (nSPS) is 8.67. The van der Waals surface area contributed by atoms with Crippen LogP contribution in [-0.2, 0) is 9.59 Å². The van der Waals surface area contributed by atoms with Crippen LogP contribution in [0.25, 0.3) is 0 Å². The van der Waals surface area contributed by atoms with Gasteiger partial charge in [-0.15, -0.1) is 20.4 Å². The third-order valence-electron chi connectivity index (χ3n) is 0.897. The lowest BCUT2D eigenvalue weighted by Gasteiger charge is -1.74. The van der Waals surface area contributed by atoms with Crippen LogP contribution < -0.4 is 0 Å². The number of carbonyl (C=O) groups is 2. The average Bonchev–Trinajstić information content (AvgIpc) is 3.02. The molecule has 0 aliphatic rings. The molecule has 2 aromatic rings. The van der Waals surface area contributed by atoms with Gasteiger partial charge in [0.2, 0.25) is 0 Å². The summed E-state index contributed by atoms with van der Waals surface area (Å²) in [6, 6.07) is 0. The molecule has 0 aromatic carbocycles. The molecule has 2 heterocycles. The lowest BCUT2D eigenvalue weighted by molar-refractivity contribution is -0.123. The number of rotatable bonds is 2. The molecule has 14 nitrogen and oxygen atoms in total. The van der Waals surface area contributed by atoms with E-state index < -0.39 is 0 Å². The second-order valence-corrected chi connectivity index (χ2v) is 1.83. The standard InChI is InChI=1S/C2H2N10.2CH2O2/c3(1-5-9-10-6-1)4-2-7-11-12-8-2;2*2-1-3/h(H,5,6,9,10)(H,7,8,11,12);2*1H,(H,2,3). The quantitative estimate of drug-likeness (QED) is 0.362. The minimum atomic E-state index is -0.250. The molecule has 2 aromatic heterocycles. The van der Waals surface area contributed by atoms with E-state index in [1.54, 1.807) is 0 Å². The first-order valence-electron chi connectivity index (χ1n) is 3.82. The molecule has 0 amide bonds. The molecule has 0 aliphatic heterocycles. The number of hydrogen-bond acceptors (Lipinski definition) is 10. The number of tetrazole rings is 2. The molecule has 0 spiro atoms. The zero-order valence-corrected chi connectivity index (χ0v) is 8.44. The van der Waals surface area contributed by atoms with Crippen molar-refractivity contribution in [3.05, 3.63) is 0 Å². The van der Waals surface area contributed by atoms with Gasteiger partial charge in [-0.25, -0.2) is 0 Å². The number of H-pyrrole nitrogens is 2. The SMILES string of the molecule is N(=Nc1nn[nH]n1)c1nn[nH]n1.O=CO.O=CO. The van der Waals surface area contributed by atoms with Gasteiger partial charge in [0.1, 0.15) is 0 Å². The van der Waals surface area contributed by atoms with Crippen molar-refractivity contribution >= 4 is 24.8 Å². The predicted octanol–water partition coefficient (Wildman–Crippen LogP) is -1.47. The average molecular weight is 258 g/mol. The van der Waals surface area contributed by atoms with Crippen LogP contribution in [0, 0.1) is 0 Å². The molecule has 0 bridgehead atoms. The Balaban J connectivity index is 0.000000414. The van der Waals surface area contributed by atoms with Gasteiger partial charge < -0.3 is 10.2 Å². The van der Waals surface area contributed by atoms with Crippen molar-refractivity contribution in [3.63, 3.8) is 0 Å². The Bertz CT molecular complexity index is 394. The molecule has 0 saturated carbocycles. The maximum atomic E-state index is 8.36. The Morgan fingerprint density at radius 3 is 1.44 bits per heavy atom. The topological polar surface area (TPSA) is 208 Å². The van der Waals surface area contributed by atoms with Crippen LogP contribution in [-0.4, -0.2) is 64.4 Å². The first-order chi connectivity index (χ1) is 8.78. The second-order valence-electron chi connectivity index (χ2n) is 1.83. The van der Waals surface area contributed by atoms with E-state index in [0.29, 0.717) is 0 Å². The van der Waals surface area contributed by atoms with Gasteiger partial charge in [0.25, 0.3) is 12.9 Å². The van der Waals surface area contributed by atoms with Crippen molar-refractivity contribution in [3.8, 4) is 0 Å². The number of azo groups is 1. The smallest absolute Gasteiger partial charge is 0.307 e. The van der Waals surface area contributed by atoms with Gasteiger partial charge in [0.05, 0.1) is 0 Å². The van der Waals surface area contributed by atoms with Crippen molar-refractivity contribution in [2.45, 2.75) is 0 Å². The molecule has 14 heteroatoms. The van der Waals surface area contributed by atoms with Gasteiger partial charge >= 0.3 is 11.9 Å². The minimum absolute atomic E-state index is 0.111. The fourth-order valence-electron chi connectivity index (χ4n) is 0.487. The van der Waals surface area contributed by atoms with E-state index in [1.165, 1.54) is 0 Å². The van der Waals surface area contributed by atoms with Gasteiger partial charge in [-0.2, -0.15) is 10.4 Å². The molecule has 0 aliphatic carbocycles. The fraction of sp³-hybridized carbons (Fsp3) is 0. The van der Waals surface area contributed by atoms with Gasteiger partial charge in [-0.1, -0.05) is 10.2 Å². The van der Waals surface area contributed by atoms with Crippen molar-refractivity contribution in [1.29, 1.82) is 0 Å². The third-order valence-corrected chi connectivity index (χ3v) is 0.897. The molecular weight excluding hydrogens is 252 g/mol. The number of carboxylic acid groups (broad SMARTS) is 2. The van der Waals surface area contributed by atoms with E-state index in [4.69, 9.17) is 19.8 Å². The third kappa shape index (κ3) is 7.04. The van der Waals surface area contributed by atoms with Crippen LogP contribution in [0.4, 0.5) is 11.9 Å². The summed E-state index contributed by atoms with van der Waals surface area (Å²) in [7, 11) is 0. The highest BCUT2D eigenvalue weighted by molar-refractivity contribution is 5.33. The Morgan fingerprint density at radius 1 is 0.889 bits per heavy atom. The molecule has 0 atom stereocenters. The predicted molar refractivity (Wildman–Crippen MR) is 49.9 cm³/mol. The van der Waals surface area contributed by atoms with Crippen molar-refractivity contribution in [2.75, 3.05) is 0 Å². The summed E-state index contributed by atoms with van der Waals surface area (Å²) in [5.74, 6) is 0.222. The Morgan fingerprint density at radius 2 is 1.22 bits per heavy atom. The van der Waals surface area contributed by atoms with E-state index in [0.717, 1.165) is 0 Å². The number of nitrogens with zero attached hydrogens (tertiary/aromatic N) is 8. The summed E-state index contributed by atoms with van der Waals surface area (Å²) >= 11 is 0. The monoisotopic (exact) mass is 258 g/mol. The number of aromatic amines is 2. The van der Waals surface area contributed by atoms with Crippen LogP contribution in [0.5, 0.6) is 0 Å². The molecule has 96 valence electrons. The summed E-state index contributed by atoms with van der Waals surface area (Å²) < 4.78 is 0. The highest BCUT2D eigenvalue weighted by Crippen LogP contribution is 2.04. The van der Waals surface area contributed by atoms with Crippen LogP contribution in [0.2, 0.25) is 0 Å². The number of nitrogens with one attached hydrogen (secondary N) is 2. The summed E-state index contributed by atoms with van der Waals surface area (Å²) in [4.78, 5) is 16.7. The molecule has 2 rings (SSSR count). The molecule has 0 unspecified atom stereocenters. The summed E-state index contributed by atoms with van der Waals surface area (Å²) in [6.07, 6.45) is 0. The first-order valence-corrected chi connectivity index (χ1v) is 3.82. The molecule has 18 heavy (non-hydrogen) atoms. The van der Waals surface area contributed by atoms with Gasteiger partial charge in [0.15, 0.2) is 0 Å². The van der Waals surface area contributed by atoms with Crippen LogP contribution in [0.3, 0.4) is 0 Å². The van der Waals surface area contributed by atoms with E-state index >= 15 is 0 Å². The number of hydrogen-bond donors (Lipinski definition) is 4. The van der Waals surface area contributed by atoms with Gasteiger partial charge in [0, 0.05) is 0 Å². The maximum absolute atomic E-state index is 8.36. The second kappa shape index (κ2) is 10.2. The fourth-order valence-corrected chi connectivity index (χ4v) is 0.487. The molecule has 0 fully saturated rings. The maximum Gasteiger partial charge on any atom is 0.307 e. The first kappa shape index (κ1) is 14.7. The summed E-state index contributed by atoms with van der Waals surface area (Å²) in [5.41, 5.74) is 0. The van der Waals surface area contributed by atoms with Crippen LogP contribution in [0.1, 0.15) is 0 Å². The molecule has 0 saturated heterocycles. The molecule has 4 N–H and O–H groups in total. The van der Waals surface area contributed by atoms with Crippen molar-refractivity contribution < 1.29 is 19.8 Å². The lowest BCUT2D eigenvalue weighted by Crippen LogP contribution is -1.68. The minimum Gasteiger partial charge on any atom is -0.483 e. The largest absolute Gasteiger partial charge is 0.483 e. The molecular formula is C4H6N10O4.